The number of rotatable bonds is 5. The summed E-state index contributed by atoms with van der Waals surface area (Å²) in [7, 11) is 1.92. The standard InChI is InChI=1S/C26H25NO3/c1-17-23-16-22(29)12-13-24(23)30-26(25(17)20-6-3-7-21(28)15-20)19-10-8-18(9-11-19)5-4-14-27-2/h3-13,15-16,26-29H,14H2,1-2H3/b5-4-. The molecule has 3 aromatic carbocycles. The monoisotopic (exact) mass is 399 g/mol. The first-order chi connectivity index (χ1) is 14.6. The van der Waals surface area contributed by atoms with Gasteiger partial charge in [-0.1, -0.05) is 48.6 Å². The van der Waals surface area contributed by atoms with E-state index in [9.17, 15) is 10.2 Å². The van der Waals surface area contributed by atoms with Crippen molar-refractivity contribution < 1.29 is 14.9 Å². The fraction of sp³-hybridized carbons (Fsp3) is 0.154. The second kappa shape index (κ2) is 8.47. The lowest BCUT2D eigenvalue weighted by Gasteiger charge is -2.31. The summed E-state index contributed by atoms with van der Waals surface area (Å²) in [6.45, 7) is 2.85. The average molecular weight is 399 g/mol. The molecule has 152 valence electrons. The minimum Gasteiger partial charge on any atom is -0.508 e. The van der Waals surface area contributed by atoms with Crippen molar-refractivity contribution >= 4 is 17.2 Å². The summed E-state index contributed by atoms with van der Waals surface area (Å²) < 4.78 is 6.41. The highest BCUT2D eigenvalue weighted by atomic mass is 16.5. The Morgan fingerprint density at radius 2 is 1.73 bits per heavy atom. The predicted molar refractivity (Wildman–Crippen MR) is 121 cm³/mol. The Bertz CT molecular complexity index is 1110. The second-order valence-electron chi connectivity index (χ2n) is 7.39. The minimum atomic E-state index is -0.320. The van der Waals surface area contributed by atoms with Crippen LogP contribution in [0.2, 0.25) is 0 Å². The highest BCUT2D eigenvalue weighted by molar-refractivity contribution is 5.95. The van der Waals surface area contributed by atoms with Gasteiger partial charge >= 0.3 is 0 Å². The van der Waals surface area contributed by atoms with Gasteiger partial charge in [-0.3, -0.25) is 0 Å². The molecule has 0 saturated carbocycles. The van der Waals surface area contributed by atoms with E-state index in [4.69, 9.17) is 4.74 Å². The van der Waals surface area contributed by atoms with Gasteiger partial charge in [0.1, 0.15) is 23.4 Å². The molecule has 0 bridgehead atoms. The van der Waals surface area contributed by atoms with Crippen molar-refractivity contribution in [2.45, 2.75) is 13.0 Å². The topological polar surface area (TPSA) is 61.7 Å². The van der Waals surface area contributed by atoms with E-state index in [0.29, 0.717) is 0 Å². The van der Waals surface area contributed by atoms with Crippen LogP contribution in [0.25, 0.3) is 17.2 Å². The van der Waals surface area contributed by atoms with Gasteiger partial charge < -0.3 is 20.3 Å². The molecule has 1 aliphatic rings. The van der Waals surface area contributed by atoms with Crippen LogP contribution in [0.4, 0.5) is 0 Å². The number of ether oxygens (including phenoxy) is 1. The molecule has 4 heteroatoms. The Morgan fingerprint density at radius 3 is 2.47 bits per heavy atom. The van der Waals surface area contributed by atoms with E-state index in [1.54, 1.807) is 30.3 Å². The maximum Gasteiger partial charge on any atom is 0.150 e. The van der Waals surface area contributed by atoms with Crippen molar-refractivity contribution in [1.29, 1.82) is 0 Å². The summed E-state index contributed by atoms with van der Waals surface area (Å²) in [6, 6.07) is 20.7. The molecule has 1 atom stereocenters. The molecule has 0 aliphatic carbocycles. The van der Waals surface area contributed by atoms with Crippen molar-refractivity contribution in [3.8, 4) is 17.2 Å². The van der Waals surface area contributed by atoms with Crippen LogP contribution in [0, 0.1) is 0 Å². The van der Waals surface area contributed by atoms with Crippen LogP contribution in [-0.2, 0) is 0 Å². The van der Waals surface area contributed by atoms with Crippen LogP contribution < -0.4 is 10.1 Å². The molecule has 4 nitrogen and oxygen atoms in total. The molecule has 0 fully saturated rings. The Balaban J connectivity index is 1.80. The maximum atomic E-state index is 10.0. The number of hydrogen-bond donors (Lipinski definition) is 3. The van der Waals surface area contributed by atoms with Crippen LogP contribution in [0.15, 0.2) is 72.8 Å². The molecule has 0 spiro atoms. The quantitative estimate of drug-likeness (QED) is 0.538. The number of fused-ring (bicyclic) bond motifs is 1. The first-order valence-corrected chi connectivity index (χ1v) is 9.98. The molecule has 4 rings (SSSR count). The SMILES string of the molecule is CNC/C=C\c1ccc(C2Oc3ccc(O)cc3C(C)=C2c2cccc(O)c2)cc1. The van der Waals surface area contributed by atoms with Crippen LogP contribution in [0.1, 0.15) is 35.3 Å². The summed E-state index contributed by atoms with van der Waals surface area (Å²) in [5.41, 5.74) is 5.89. The van der Waals surface area contributed by atoms with E-state index < -0.39 is 0 Å². The van der Waals surface area contributed by atoms with E-state index in [2.05, 4.69) is 41.7 Å². The summed E-state index contributed by atoms with van der Waals surface area (Å²) in [5, 5.41) is 23.1. The lowest BCUT2D eigenvalue weighted by molar-refractivity contribution is 0.259. The van der Waals surface area contributed by atoms with Crippen LogP contribution in [-0.4, -0.2) is 23.8 Å². The Labute approximate surface area is 176 Å². The number of allylic oxidation sites excluding steroid dienone is 1. The van der Waals surface area contributed by atoms with E-state index in [1.807, 2.05) is 26.1 Å². The van der Waals surface area contributed by atoms with Gasteiger partial charge in [0.15, 0.2) is 0 Å². The fourth-order valence-corrected chi connectivity index (χ4v) is 3.81. The predicted octanol–water partition coefficient (Wildman–Crippen LogP) is 5.39. The van der Waals surface area contributed by atoms with Gasteiger partial charge in [0.2, 0.25) is 0 Å². The third-order valence-corrected chi connectivity index (χ3v) is 5.31. The second-order valence-corrected chi connectivity index (χ2v) is 7.39. The Hall–Kier alpha value is -3.50. The van der Waals surface area contributed by atoms with Crippen LogP contribution in [0.5, 0.6) is 17.2 Å². The van der Waals surface area contributed by atoms with Crippen molar-refractivity contribution in [2.75, 3.05) is 13.6 Å². The lowest BCUT2D eigenvalue weighted by Crippen LogP contribution is -2.16. The smallest absolute Gasteiger partial charge is 0.150 e. The first-order valence-electron chi connectivity index (χ1n) is 9.98. The number of likely N-dealkylation sites (N-methyl/N-ethyl adjacent to an activating group) is 1. The van der Waals surface area contributed by atoms with Gasteiger partial charge in [-0.2, -0.15) is 0 Å². The van der Waals surface area contributed by atoms with Gasteiger partial charge in [-0.05, 0) is 66.6 Å². The molecule has 0 aromatic heterocycles. The number of nitrogens with one attached hydrogen (secondary N) is 1. The first kappa shape index (κ1) is 19.8. The summed E-state index contributed by atoms with van der Waals surface area (Å²) in [5.74, 6) is 1.14. The molecule has 1 heterocycles. The molecule has 3 N–H and O–H groups in total. The Morgan fingerprint density at radius 1 is 0.967 bits per heavy atom. The highest BCUT2D eigenvalue weighted by Gasteiger charge is 2.29. The number of benzene rings is 3. The number of aromatic hydroxyl groups is 2. The van der Waals surface area contributed by atoms with E-state index >= 15 is 0 Å². The molecule has 1 aliphatic heterocycles. The Kier molecular flexibility index (Phi) is 5.59. The van der Waals surface area contributed by atoms with E-state index in [1.165, 1.54) is 0 Å². The zero-order valence-corrected chi connectivity index (χ0v) is 17.1. The summed E-state index contributed by atoms with van der Waals surface area (Å²) >= 11 is 0. The lowest BCUT2D eigenvalue weighted by atomic mass is 9.86. The third-order valence-electron chi connectivity index (χ3n) is 5.31. The van der Waals surface area contributed by atoms with E-state index in [0.717, 1.165) is 45.7 Å². The number of phenolic OH excluding ortho intramolecular Hbond substituents is 2. The molecule has 0 amide bonds. The minimum absolute atomic E-state index is 0.197. The van der Waals surface area contributed by atoms with Gasteiger partial charge in [0.25, 0.3) is 0 Å². The number of phenols is 2. The van der Waals surface area contributed by atoms with Crippen LogP contribution >= 0.6 is 0 Å². The van der Waals surface area contributed by atoms with Crippen LogP contribution in [0.3, 0.4) is 0 Å². The highest BCUT2D eigenvalue weighted by Crippen LogP contribution is 2.47. The zero-order valence-electron chi connectivity index (χ0n) is 17.1. The molecular formula is C26H25NO3. The zero-order chi connectivity index (χ0) is 21.1. The van der Waals surface area contributed by atoms with Crippen molar-refractivity contribution in [3.63, 3.8) is 0 Å². The van der Waals surface area contributed by atoms with Crippen molar-refractivity contribution in [3.05, 3.63) is 95.1 Å². The average Bonchev–Trinajstić information content (AvgIpc) is 2.75. The molecule has 3 aromatic rings. The molecule has 0 saturated heterocycles. The molecule has 1 unspecified atom stereocenters. The molecule has 0 radical (unpaired) electrons. The largest absolute Gasteiger partial charge is 0.508 e. The third kappa shape index (κ3) is 3.95. The summed E-state index contributed by atoms with van der Waals surface area (Å²) in [6.07, 6.45) is 3.84. The van der Waals surface area contributed by atoms with E-state index in [-0.39, 0.29) is 17.6 Å². The van der Waals surface area contributed by atoms with Gasteiger partial charge in [0.05, 0.1) is 0 Å². The number of hydrogen-bond acceptors (Lipinski definition) is 4. The summed E-state index contributed by atoms with van der Waals surface area (Å²) in [4.78, 5) is 0. The van der Waals surface area contributed by atoms with Gasteiger partial charge in [-0.15, -0.1) is 0 Å². The molecular weight excluding hydrogens is 374 g/mol. The van der Waals surface area contributed by atoms with Crippen molar-refractivity contribution in [2.24, 2.45) is 0 Å². The molecule has 30 heavy (non-hydrogen) atoms. The maximum absolute atomic E-state index is 10.0. The van der Waals surface area contributed by atoms with Gasteiger partial charge in [-0.25, -0.2) is 0 Å². The van der Waals surface area contributed by atoms with Crippen molar-refractivity contribution in [1.82, 2.24) is 5.32 Å². The normalized spacial score (nSPS) is 15.9. The fourth-order valence-electron chi connectivity index (χ4n) is 3.81. The van der Waals surface area contributed by atoms with Gasteiger partial charge in [0, 0.05) is 17.7 Å².